The fourth-order valence-electron chi connectivity index (χ4n) is 2.59. The van der Waals surface area contributed by atoms with Gasteiger partial charge in [0.25, 0.3) is 0 Å². The molecule has 1 saturated heterocycles. The van der Waals surface area contributed by atoms with E-state index in [0.717, 1.165) is 37.2 Å². The lowest BCUT2D eigenvalue weighted by molar-refractivity contribution is -0.126. The number of hydrogen-bond donors (Lipinski definition) is 2. The third kappa shape index (κ3) is 2.34. The Hall–Kier alpha value is -1.55. The largest absolute Gasteiger partial charge is 0.492 e. The van der Waals surface area contributed by atoms with Crippen molar-refractivity contribution in [2.45, 2.75) is 18.9 Å². The van der Waals surface area contributed by atoms with Gasteiger partial charge in [0.15, 0.2) is 0 Å². The lowest BCUT2D eigenvalue weighted by atomic mass is 9.96. The number of carbonyl (C=O) groups is 1. The van der Waals surface area contributed by atoms with Crippen LogP contribution in [0.5, 0.6) is 5.75 Å². The molecule has 2 aliphatic rings. The van der Waals surface area contributed by atoms with E-state index in [1.165, 1.54) is 0 Å². The molecule has 0 spiro atoms. The van der Waals surface area contributed by atoms with E-state index in [2.05, 4.69) is 10.6 Å². The minimum Gasteiger partial charge on any atom is -0.492 e. The van der Waals surface area contributed by atoms with Crippen molar-refractivity contribution in [3.63, 3.8) is 0 Å². The van der Waals surface area contributed by atoms with E-state index in [9.17, 15) is 4.79 Å². The van der Waals surface area contributed by atoms with E-state index >= 15 is 0 Å². The molecule has 1 aromatic rings. The second kappa shape index (κ2) is 4.98. The Labute approximate surface area is 107 Å². The summed E-state index contributed by atoms with van der Waals surface area (Å²) >= 11 is 0. The third-order valence-electron chi connectivity index (χ3n) is 3.66. The predicted molar refractivity (Wildman–Crippen MR) is 68.5 cm³/mol. The first kappa shape index (κ1) is 11.5. The van der Waals surface area contributed by atoms with Crippen LogP contribution in [-0.4, -0.2) is 31.6 Å². The molecule has 3 rings (SSSR count). The molecule has 0 radical (unpaired) electrons. The molecule has 0 bridgehead atoms. The zero-order chi connectivity index (χ0) is 12.4. The van der Waals surface area contributed by atoms with Crippen molar-refractivity contribution in [3.05, 3.63) is 29.8 Å². The Morgan fingerprint density at radius 2 is 2.28 bits per heavy atom. The first-order chi connectivity index (χ1) is 8.83. The summed E-state index contributed by atoms with van der Waals surface area (Å²) in [6.07, 6.45) is 1.80. The Kier molecular flexibility index (Phi) is 3.19. The van der Waals surface area contributed by atoms with Gasteiger partial charge in [0.1, 0.15) is 12.4 Å². The smallest absolute Gasteiger partial charge is 0.227 e. The highest BCUT2D eigenvalue weighted by Crippen LogP contribution is 2.26. The van der Waals surface area contributed by atoms with Crippen LogP contribution in [0.3, 0.4) is 0 Å². The van der Waals surface area contributed by atoms with Gasteiger partial charge in [0.05, 0.1) is 5.92 Å². The number of nitrogens with one attached hydrogen (secondary N) is 2. The average molecular weight is 246 g/mol. The molecule has 4 nitrogen and oxygen atoms in total. The zero-order valence-electron chi connectivity index (χ0n) is 10.3. The average Bonchev–Trinajstić information content (AvgIpc) is 2.91. The fraction of sp³-hybridized carbons (Fsp3) is 0.500. The maximum Gasteiger partial charge on any atom is 0.227 e. The summed E-state index contributed by atoms with van der Waals surface area (Å²) in [6.45, 7) is 2.37. The highest BCUT2D eigenvalue weighted by Gasteiger charge is 2.27. The number of rotatable bonds is 2. The molecule has 2 atom stereocenters. The summed E-state index contributed by atoms with van der Waals surface area (Å²) in [5.41, 5.74) is 1.13. The first-order valence-corrected chi connectivity index (χ1v) is 6.55. The number of fused-ring (bicyclic) bond motifs is 1. The van der Waals surface area contributed by atoms with Crippen LogP contribution in [0.2, 0.25) is 0 Å². The molecular weight excluding hydrogens is 228 g/mol. The first-order valence-electron chi connectivity index (χ1n) is 6.55. The molecule has 1 amide bonds. The molecule has 4 heteroatoms. The van der Waals surface area contributed by atoms with Crippen molar-refractivity contribution in [2.24, 2.45) is 5.92 Å². The minimum atomic E-state index is -0.0551. The molecule has 18 heavy (non-hydrogen) atoms. The minimum absolute atomic E-state index is 0.0551. The molecule has 0 aromatic heterocycles. The van der Waals surface area contributed by atoms with Crippen LogP contribution in [0.4, 0.5) is 0 Å². The maximum absolute atomic E-state index is 12.1. The lowest BCUT2D eigenvalue weighted by Gasteiger charge is -2.25. The summed E-state index contributed by atoms with van der Waals surface area (Å²) in [5.74, 6) is 0.989. The van der Waals surface area contributed by atoms with E-state index in [4.69, 9.17) is 4.74 Å². The molecule has 2 aliphatic heterocycles. The summed E-state index contributed by atoms with van der Waals surface area (Å²) in [7, 11) is 0. The van der Waals surface area contributed by atoms with Gasteiger partial charge < -0.3 is 15.4 Å². The second-order valence-corrected chi connectivity index (χ2v) is 5.02. The van der Waals surface area contributed by atoms with Crippen molar-refractivity contribution in [2.75, 3.05) is 19.7 Å². The Bertz CT molecular complexity index is 441. The molecule has 2 heterocycles. The van der Waals surface area contributed by atoms with Crippen LogP contribution in [0.15, 0.2) is 24.3 Å². The van der Waals surface area contributed by atoms with E-state index in [-0.39, 0.29) is 17.9 Å². The summed E-state index contributed by atoms with van der Waals surface area (Å²) in [6, 6.07) is 8.23. The molecule has 0 saturated carbocycles. The van der Waals surface area contributed by atoms with Crippen molar-refractivity contribution >= 4 is 5.91 Å². The monoisotopic (exact) mass is 246 g/mol. The van der Waals surface area contributed by atoms with E-state index in [1.54, 1.807) is 0 Å². The Morgan fingerprint density at radius 1 is 1.39 bits per heavy atom. The molecule has 0 aliphatic carbocycles. The number of hydrogen-bond acceptors (Lipinski definition) is 3. The predicted octanol–water partition coefficient (Wildman–Crippen LogP) is 0.716. The molecule has 1 fully saturated rings. The van der Waals surface area contributed by atoms with Gasteiger partial charge >= 0.3 is 0 Å². The number of para-hydroxylation sites is 1. The van der Waals surface area contributed by atoms with Crippen molar-refractivity contribution < 1.29 is 9.53 Å². The van der Waals surface area contributed by atoms with Gasteiger partial charge in [0.2, 0.25) is 5.91 Å². The standard InChI is InChI=1S/C14H18N2O2/c17-14(16-12-5-6-15-8-12)11-7-10-3-1-2-4-13(10)18-9-11/h1-4,11-12,15H,5-9H2,(H,16,17)/t11?,12-/m0/s1. The molecule has 2 N–H and O–H groups in total. The van der Waals surface area contributed by atoms with E-state index < -0.39 is 0 Å². The van der Waals surface area contributed by atoms with Crippen molar-refractivity contribution in [3.8, 4) is 5.75 Å². The normalized spacial score (nSPS) is 26.2. The lowest BCUT2D eigenvalue weighted by Crippen LogP contribution is -2.43. The molecule has 96 valence electrons. The second-order valence-electron chi connectivity index (χ2n) is 5.02. The Balaban J connectivity index is 1.62. The number of amides is 1. The van der Waals surface area contributed by atoms with Crippen LogP contribution < -0.4 is 15.4 Å². The molecule has 1 aromatic carbocycles. The molecule has 1 unspecified atom stereocenters. The topological polar surface area (TPSA) is 50.4 Å². The van der Waals surface area contributed by atoms with Crippen LogP contribution in [-0.2, 0) is 11.2 Å². The summed E-state index contributed by atoms with van der Waals surface area (Å²) in [4.78, 5) is 12.1. The van der Waals surface area contributed by atoms with Crippen molar-refractivity contribution in [1.29, 1.82) is 0 Å². The highest BCUT2D eigenvalue weighted by atomic mass is 16.5. The van der Waals surface area contributed by atoms with Crippen LogP contribution in [0, 0.1) is 5.92 Å². The van der Waals surface area contributed by atoms with Gasteiger partial charge in [-0.25, -0.2) is 0 Å². The van der Waals surface area contributed by atoms with Gasteiger partial charge in [-0.1, -0.05) is 18.2 Å². The summed E-state index contributed by atoms with van der Waals surface area (Å²) in [5, 5.41) is 6.35. The van der Waals surface area contributed by atoms with Crippen LogP contribution in [0.25, 0.3) is 0 Å². The van der Waals surface area contributed by atoms with Gasteiger partial charge in [-0.3, -0.25) is 4.79 Å². The Morgan fingerprint density at radius 3 is 3.11 bits per heavy atom. The quantitative estimate of drug-likeness (QED) is 0.808. The van der Waals surface area contributed by atoms with Gasteiger partial charge in [-0.05, 0) is 31.0 Å². The van der Waals surface area contributed by atoms with Gasteiger partial charge in [-0.15, -0.1) is 0 Å². The van der Waals surface area contributed by atoms with Crippen LogP contribution >= 0.6 is 0 Å². The fourth-order valence-corrected chi connectivity index (χ4v) is 2.59. The van der Waals surface area contributed by atoms with Gasteiger partial charge in [-0.2, -0.15) is 0 Å². The molecular formula is C14H18N2O2. The van der Waals surface area contributed by atoms with Crippen molar-refractivity contribution in [1.82, 2.24) is 10.6 Å². The highest BCUT2D eigenvalue weighted by molar-refractivity contribution is 5.80. The number of ether oxygens (including phenoxy) is 1. The number of carbonyl (C=O) groups excluding carboxylic acids is 1. The van der Waals surface area contributed by atoms with E-state index in [1.807, 2.05) is 24.3 Å². The van der Waals surface area contributed by atoms with Crippen LogP contribution in [0.1, 0.15) is 12.0 Å². The third-order valence-corrected chi connectivity index (χ3v) is 3.66. The maximum atomic E-state index is 12.1. The summed E-state index contributed by atoms with van der Waals surface area (Å²) < 4.78 is 5.65. The number of benzene rings is 1. The van der Waals surface area contributed by atoms with Gasteiger partial charge in [0, 0.05) is 12.6 Å². The zero-order valence-corrected chi connectivity index (χ0v) is 10.3. The van der Waals surface area contributed by atoms with E-state index in [0.29, 0.717) is 6.61 Å². The SMILES string of the molecule is O=C(N[C@H]1CCNC1)C1COc2ccccc2C1.